The zero-order chi connectivity index (χ0) is 10.3. The van der Waals surface area contributed by atoms with E-state index >= 15 is 0 Å². The molecule has 0 fully saturated rings. The molecule has 0 heterocycles. The van der Waals surface area contributed by atoms with Gasteiger partial charge >= 0.3 is 0 Å². The highest BCUT2D eigenvalue weighted by molar-refractivity contribution is 7.80. The largest absolute Gasteiger partial charge is 0.507 e. The number of hydrogen-bond donors (Lipinski definition) is 4. The Morgan fingerprint density at radius 2 is 1.71 bits per heavy atom. The molecule has 3 N–H and O–H groups in total. The Bertz CT molecular complexity index is 508. The van der Waals surface area contributed by atoms with E-state index in [1.165, 1.54) is 12.1 Å². The predicted molar refractivity (Wildman–Crippen MR) is 56.2 cm³/mol. The van der Waals surface area contributed by atoms with E-state index in [1.807, 2.05) is 0 Å². The average molecular weight is 208 g/mol. The first kappa shape index (κ1) is 9.02. The van der Waals surface area contributed by atoms with E-state index in [1.54, 1.807) is 12.1 Å². The molecule has 0 aliphatic carbocycles. The van der Waals surface area contributed by atoms with Crippen molar-refractivity contribution < 1.29 is 15.3 Å². The van der Waals surface area contributed by atoms with Gasteiger partial charge in [-0.1, -0.05) is 12.1 Å². The zero-order valence-electron chi connectivity index (χ0n) is 7.10. The first-order chi connectivity index (χ1) is 6.61. The second-order valence-corrected chi connectivity index (χ2v) is 3.44. The van der Waals surface area contributed by atoms with Gasteiger partial charge < -0.3 is 15.3 Å². The molecule has 0 unspecified atom stereocenters. The Hall–Kier alpha value is -1.55. The van der Waals surface area contributed by atoms with Crippen LogP contribution in [-0.2, 0) is 0 Å². The molecule has 3 nitrogen and oxygen atoms in total. The van der Waals surface area contributed by atoms with Crippen molar-refractivity contribution >= 4 is 23.4 Å². The highest BCUT2D eigenvalue weighted by Gasteiger charge is 2.11. The van der Waals surface area contributed by atoms with Gasteiger partial charge in [0.05, 0.1) is 10.3 Å². The van der Waals surface area contributed by atoms with Crippen molar-refractivity contribution in [2.24, 2.45) is 0 Å². The molecule has 4 heteroatoms. The summed E-state index contributed by atoms with van der Waals surface area (Å²) in [5.74, 6) is -0.218. The molecular weight excluding hydrogens is 200 g/mol. The van der Waals surface area contributed by atoms with Gasteiger partial charge in [-0.25, -0.2) is 0 Å². The van der Waals surface area contributed by atoms with Crippen LogP contribution < -0.4 is 0 Å². The molecule has 0 saturated carbocycles. The molecule has 0 aromatic heterocycles. The molecule has 0 aliphatic heterocycles. The fourth-order valence-electron chi connectivity index (χ4n) is 1.41. The van der Waals surface area contributed by atoms with E-state index in [9.17, 15) is 15.3 Å². The SMILES string of the molecule is Oc1cc(S)c(O)c2c(O)cccc12. The van der Waals surface area contributed by atoms with Gasteiger partial charge in [-0.05, 0) is 12.1 Å². The summed E-state index contributed by atoms with van der Waals surface area (Å²) in [6.07, 6.45) is 0. The van der Waals surface area contributed by atoms with Gasteiger partial charge in [0, 0.05) is 5.39 Å². The molecule has 0 atom stereocenters. The van der Waals surface area contributed by atoms with Gasteiger partial charge in [0.15, 0.2) is 0 Å². The van der Waals surface area contributed by atoms with Gasteiger partial charge in [0.25, 0.3) is 0 Å². The lowest BCUT2D eigenvalue weighted by atomic mass is 10.1. The van der Waals surface area contributed by atoms with Crippen LogP contribution in [-0.4, -0.2) is 15.3 Å². The van der Waals surface area contributed by atoms with Crippen LogP contribution in [0.2, 0.25) is 0 Å². The van der Waals surface area contributed by atoms with Crippen molar-refractivity contribution in [3.05, 3.63) is 24.3 Å². The first-order valence-electron chi connectivity index (χ1n) is 3.97. The quantitative estimate of drug-likeness (QED) is 0.396. The monoisotopic (exact) mass is 208 g/mol. The number of thiol groups is 1. The molecule has 0 saturated heterocycles. The van der Waals surface area contributed by atoms with Crippen LogP contribution in [0, 0.1) is 0 Å². The van der Waals surface area contributed by atoms with E-state index < -0.39 is 0 Å². The summed E-state index contributed by atoms with van der Waals surface area (Å²) in [5.41, 5.74) is 0. The number of fused-ring (bicyclic) bond motifs is 1. The summed E-state index contributed by atoms with van der Waals surface area (Å²) in [6.45, 7) is 0. The molecule has 14 heavy (non-hydrogen) atoms. The second kappa shape index (κ2) is 2.99. The van der Waals surface area contributed by atoms with Crippen molar-refractivity contribution in [2.45, 2.75) is 4.90 Å². The maximum Gasteiger partial charge on any atom is 0.140 e. The van der Waals surface area contributed by atoms with Gasteiger partial charge in [0.1, 0.15) is 17.2 Å². The van der Waals surface area contributed by atoms with Crippen LogP contribution >= 0.6 is 12.6 Å². The molecule has 72 valence electrons. The molecule has 0 aliphatic rings. The third-order valence-electron chi connectivity index (χ3n) is 2.07. The Labute approximate surface area is 85.7 Å². The molecular formula is C10H8O3S. The normalized spacial score (nSPS) is 10.6. The van der Waals surface area contributed by atoms with E-state index in [-0.39, 0.29) is 27.5 Å². The summed E-state index contributed by atoms with van der Waals surface area (Å²) in [4.78, 5) is 0.233. The fourth-order valence-corrected chi connectivity index (χ4v) is 1.64. The average Bonchev–Trinajstić information content (AvgIpc) is 2.14. The second-order valence-electron chi connectivity index (χ2n) is 2.96. The molecule has 2 aromatic carbocycles. The molecule has 0 spiro atoms. The summed E-state index contributed by atoms with van der Waals surface area (Å²) in [5, 5.41) is 29.3. The zero-order valence-corrected chi connectivity index (χ0v) is 7.99. The maximum absolute atomic E-state index is 9.62. The van der Waals surface area contributed by atoms with Crippen molar-refractivity contribution in [3.63, 3.8) is 0 Å². The van der Waals surface area contributed by atoms with Gasteiger partial charge in [-0.2, -0.15) is 0 Å². The number of aromatic hydroxyl groups is 3. The minimum absolute atomic E-state index is 0.0151. The summed E-state index contributed by atoms with van der Waals surface area (Å²) < 4.78 is 0. The number of phenolic OH excluding ortho intramolecular Hbond substituents is 3. The lowest BCUT2D eigenvalue weighted by Gasteiger charge is -2.07. The number of hydrogen-bond acceptors (Lipinski definition) is 4. The lowest BCUT2D eigenvalue weighted by Crippen LogP contribution is -1.79. The molecule has 0 amide bonds. The highest BCUT2D eigenvalue weighted by Crippen LogP contribution is 2.41. The summed E-state index contributed by atoms with van der Waals surface area (Å²) >= 11 is 3.97. The van der Waals surface area contributed by atoms with Crippen molar-refractivity contribution in [2.75, 3.05) is 0 Å². The molecule has 2 rings (SSSR count). The van der Waals surface area contributed by atoms with Gasteiger partial charge in [0.2, 0.25) is 0 Å². The Morgan fingerprint density at radius 3 is 2.43 bits per heavy atom. The van der Waals surface area contributed by atoms with Gasteiger partial charge in [-0.3, -0.25) is 0 Å². The van der Waals surface area contributed by atoms with E-state index in [2.05, 4.69) is 12.6 Å². The van der Waals surface area contributed by atoms with Crippen LogP contribution in [0.5, 0.6) is 17.2 Å². The van der Waals surface area contributed by atoms with Crippen LogP contribution in [0.3, 0.4) is 0 Å². The van der Waals surface area contributed by atoms with Gasteiger partial charge in [-0.15, -0.1) is 12.6 Å². The van der Waals surface area contributed by atoms with Crippen molar-refractivity contribution in [3.8, 4) is 17.2 Å². The van der Waals surface area contributed by atoms with E-state index in [0.717, 1.165) is 0 Å². The van der Waals surface area contributed by atoms with Crippen LogP contribution in [0.25, 0.3) is 10.8 Å². The number of phenols is 3. The standard InChI is InChI=1S/C10H8O3S/c11-6-3-1-2-5-7(12)4-8(14)10(13)9(5)6/h1-4,11-14H. The Balaban J connectivity index is 3.03. The van der Waals surface area contributed by atoms with Crippen molar-refractivity contribution in [1.29, 1.82) is 0 Å². The smallest absolute Gasteiger partial charge is 0.140 e. The topological polar surface area (TPSA) is 60.7 Å². The van der Waals surface area contributed by atoms with E-state index in [4.69, 9.17) is 0 Å². The first-order valence-corrected chi connectivity index (χ1v) is 4.41. The number of rotatable bonds is 0. The third-order valence-corrected chi connectivity index (χ3v) is 2.41. The highest BCUT2D eigenvalue weighted by atomic mass is 32.1. The predicted octanol–water partition coefficient (Wildman–Crippen LogP) is 2.25. The van der Waals surface area contributed by atoms with Crippen LogP contribution in [0.4, 0.5) is 0 Å². The summed E-state index contributed by atoms with van der Waals surface area (Å²) in [7, 11) is 0. The molecule has 2 aromatic rings. The maximum atomic E-state index is 9.62. The number of benzene rings is 2. The van der Waals surface area contributed by atoms with Crippen LogP contribution in [0.15, 0.2) is 29.2 Å². The van der Waals surface area contributed by atoms with Crippen molar-refractivity contribution in [1.82, 2.24) is 0 Å². The minimum Gasteiger partial charge on any atom is -0.507 e. The molecule has 0 bridgehead atoms. The third kappa shape index (κ3) is 1.15. The van der Waals surface area contributed by atoms with Crippen LogP contribution in [0.1, 0.15) is 0 Å². The minimum atomic E-state index is -0.126. The van der Waals surface area contributed by atoms with E-state index in [0.29, 0.717) is 5.39 Å². The Kier molecular flexibility index (Phi) is 1.93. The lowest BCUT2D eigenvalue weighted by molar-refractivity contribution is 0.448. The molecule has 0 radical (unpaired) electrons. The Morgan fingerprint density at radius 1 is 1.00 bits per heavy atom. The fraction of sp³-hybridized carbons (Fsp3) is 0. The summed E-state index contributed by atoms with van der Waals surface area (Å²) in [6, 6.07) is 5.97.